The van der Waals surface area contributed by atoms with E-state index < -0.39 is 11.7 Å². The molecule has 0 radical (unpaired) electrons. The molecular formula is C12H12FN3O. The van der Waals surface area contributed by atoms with Crippen molar-refractivity contribution >= 4 is 11.7 Å². The van der Waals surface area contributed by atoms with Crippen molar-refractivity contribution < 1.29 is 9.18 Å². The zero-order valence-corrected chi connectivity index (χ0v) is 9.54. The van der Waals surface area contributed by atoms with Gasteiger partial charge in [-0.3, -0.25) is 9.89 Å². The molecule has 1 aromatic carbocycles. The summed E-state index contributed by atoms with van der Waals surface area (Å²) in [6, 6.07) is 6.37. The molecule has 2 aromatic rings. The molecule has 5 heteroatoms. The van der Waals surface area contributed by atoms with Crippen LogP contribution in [0.25, 0.3) is 0 Å². The van der Waals surface area contributed by atoms with Crippen LogP contribution in [0.3, 0.4) is 0 Å². The Kier molecular flexibility index (Phi) is 2.91. The Balaban J connectivity index is 2.23. The van der Waals surface area contributed by atoms with Gasteiger partial charge in [-0.1, -0.05) is 12.1 Å². The number of hydrogen-bond donors (Lipinski definition) is 2. The highest BCUT2D eigenvalue weighted by Gasteiger charge is 2.13. The molecule has 88 valence electrons. The van der Waals surface area contributed by atoms with E-state index in [0.29, 0.717) is 11.4 Å². The number of benzene rings is 1. The smallest absolute Gasteiger partial charge is 0.259 e. The largest absolute Gasteiger partial charge is 0.305 e. The summed E-state index contributed by atoms with van der Waals surface area (Å²) >= 11 is 0. The fourth-order valence-electron chi connectivity index (χ4n) is 1.49. The predicted molar refractivity (Wildman–Crippen MR) is 62.4 cm³/mol. The van der Waals surface area contributed by atoms with Crippen molar-refractivity contribution in [1.82, 2.24) is 10.2 Å². The number of hydrogen-bond acceptors (Lipinski definition) is 2. The van der Waals surface area contributed by atoms with Gasteiger partial charge in [0.25, 0.3) is 5.91 Å². The second kappa shape index (κ2) is 4.37. The number of anilines is 1. The number of aromatic amines is 1. The highest BCUT2D eigenvalue weighted by Crippen LogP contribution is 2.14. The molecule has 1 amide bonds. The minimum Gasteiger partial charge on any atom is -0.305 e. The van der Waals surface area contributed by atoms with Crippen LogP contribution < -0.4 is 5.32 Å². The number of carbonyl (C=O) groups is 1. The second-order valence-electron chi connectivity index (χ2n) is 3.83. The summed E-state index contributed by atoms with van der Waals surface area (Å²) in [6.45, 7) is 3.43. The number of aromatic nitrogens is 2. The van der Waals surface area contributed by atoms with Crippen LogP contribution in [-0.4, -0.2) is 16.1 Å². The number of carbonyl (C=O) groups excluding carboxylic acids is 1. The van der Waals surface area contributed by atoms with E-state index in [1.54, 1.807) is 25.1 Å². The first-order valence-corrected chi connectivity index (χ1v) is 5.16. The third-order valence-electron chi connectivity index (χ3n) is 2.38. The number of amides is 1. The van der Waals surface area contributed by atoms with Gasteiger partial charge in [-0.15, -0.1) is 0 Å². The molecule has 4 nitrogen and oxygen atoms in total. The van der Waals surface area contributed by atoms with Crippen LogP contribution in [-0.2, 0) is 0 Å². The zero-order valence-electron chi connectivity index (χ0n) is 9.54. The summed E-state index contributed by atoms with van der Waals surface area (Å²) in [5.74, 6) is -0.622. The van der Waals surface area contributed by atoms with Crippen LogP contribution in [0.2, 0.25) is 0 Å². The molecule has 1 aromatic heterocycles. The molecule has 2 N–H and O–H groups in total. The number of nitrogens with zero attached hydrogens (tertiary/aromatic N) is 1. The van der Waals surface area contributed by atoms with Crippen LogP contribution in [0.5, 0.6) is 0 Å². The molecule has 2 rings (SSSR count). The Bertz CT molecular complexity index is 563. The Labute approximate surface area is 97.9 Å². The van der Waals surface area contributed by atoms with Gasteiger partial charge in [-0.25, -0.2) is 4.39 Å². The van der Waals surface area contributed by atoms with Gasteiger partial charge in [0, 0.05) is 11.8 Å². The van der Waals surface area contributed by atoms with Gasteiger partial charge in [0.1, 0.15) is 5.82 Å². The van der Waals surface area contributed by atoms with Gasteiger partial charge >= 0.3 is 0 Å². The van der Waals surface area contributed by atoms with Crippen molar-refractivity contribution in [2.24, 2.45) is 0 Å². The number of aryl methyl sites for hydroxylation is 2. The van der Waals surface area contributed by atoms with Gasteiger partial charge in [0.2, 0.25) is 0 Å². The Hall–Kier alpha value is -2.17. The van der Waals surface area contributed by atoms with Crippen LogP contribution in [0.15, 0.2) is 24.3 Å². The van der Waals surface area contributed by atoms with E-state index in [2.05, 4.69) is 15.5 Å². The molecule has 17 heavy (non-hydrogen) atoms. The average Bonchev–Trinajstić information content (AvgIpc) is 2.68. The summed E-state index contributed by atoms with van der Waals surface area (Å²) in [5, 5.41) is 9.07. The summed E-state index contributed by atoms with van der Waals surface area (Å²) in [7, 11) is 0. The number of rotatable bonds is 2. The standard InChI is InChI=1S/C12H12FN3O/c1-7-4-3-5-9(11(7)13)12(17)14-10-6-8(2)15-16-10/h3-6H,1-2H3,(H2,14,15,16,17). The third kappa shape index (κ3) is 2.33. The fraction of sp³-hybridized carbons (Fsp3) is 0.167. The van der Waals surface area contributed by atoms with E-state index in [1.165, 1.54) is 6.07 Å². The quantitative estimate of drug-likeness (QED) is 0.836. The van der Waals surface area contributed by atoms with Gasteiger partial charge < -0.3 is 5.32 Å². The van der Waals surface area contributed by atoms with Crippen molar-refractivity contribution in [1.29, 1.82) is 0 Å². The van der Waals surface area contributed by atoms with E-state index in [0.717, 1.165) is 5.69 Å². The molecule has 0 aliphatic heterocycles. The van der Waals surface area contributed by atoms with E-state index >= 15 is 0 Å². The summed E-state index contributed by atoms with van der Waals surface area (Å²) in [6.07, 6.45) is 0. The Morgan fingerprint density at radius 3 is 2.82 bits per heavy atom. The van der Waals surface area contributed by atoms with Crippen LogP contribution in [0.1, 0.15) is 21.6 Å². The van der Waals surface area contributed by atoms with Crippen LogP contribution >= 0.6 is 0 Å². The van der Waals surface area contributed by atoms with Gasteiger partial charge in [-0.05, 0) is 25.5 Å². The van der Waals surface area contributed by atoms with Crippen molar-refractivity contribution in [2.45, 2.75) is 13.8 Å². The number of nitrogens with one attached hydrogen (secondary N) is 2. The lowest BCUT2D eigenvalue weighted by atomic mass is 10.1. The number of H-pyrrole nitrogens is 1. The number of halogens is 1. The lowest BCUT2D eigenvalue weighted by Crippen LogP contribution is -2.14. The van der Waals surface area contributed by atoms with E-state index in [-0.39, 0.29) is 5.56 Å². The van der Waals surface area contributed by atoms with Crippen LogP contribution in [0.4, 0.5) is 10.2 Å². The predicted octanol–water partition coefficient (Wildman–Crippen LogP) is 2.42. The summed E-state index contributed by atoms with van der Waals surface area (Å²) in [4.78, 5) is 11.8. The van der Waals surface area contributed by atoms with Crippen molar-refractivity contribution in [3.63, 3.8) is 0 Å². The first kappa shape index (κ1) is 11.3. The summed E-state index contributed by atoms with van der Waals surface area (Å²) in [5.41, 5.74) is 1.28. The van der Waals surface area contributed by atoms with E-state index in [9.17, 15) is 9.18 Å². The van der Waals surface area contributed by atoms with Crippen molar-refractivity contribution in [2.75, 3.05) is 5.32 Å². The molecule has 0 atom stereocenters. The minimum atomic E-state index is -0.503. The lowest BCUT2D eigenvalue weighted by molar-refractivity contribution is 0.102. The molecule has 0 saturated carbocycles. The maximum Gasteiger partial charge on any atom is 0.259 e. The average molecular weight is 233 g/mol. The normalized spacial score (nSPS) is 10.3. The maximum absolute atomic E-state index is 13.7. The highest BCUT2D eigenvalue weighted by molar-refractivity contribution is 6.04. The molecule has 1 heterocycles. The molecule has 0 aliphatic rings. The first-order chi connectivity index (χ1) is 8.08. The monoisotopic (exact) mass is 233 g/mol. The molecule has 0 spiro atoms. The highest BCUT2D eigenvalue weighted by atomic mass is 19.1. The fourth-order valence-corrected chi connectivity index (χ4v) is 1.49. The van der Waals surface area contributed by atoms with Gasteiger partial charge in [0.15, 0.2) is 5.82 Å². The molecule has 0 bridgehead atoms. The van der Waals surface area contributed by atoms with Gasteiger partial charge in [0.05, 0.1) is 5.56 Å². The SMILES string of the molecule is Cc1cc(NC(=O)c2cccc(C)c2F)n[nH]1. The topological polar surface area (TPSA) is 57.8 Å². The second-order valence-corrected chi connectivity index (χ2v) is 3.83. The van der Waals surface area contributed by atoms with E-state index in [1.807, 2.05) is 6.92 Å². The Morgan fingerprint density at radius 2 is 2.18 bits per heavy atom. The van der Waals surface area contributed by atoms with Crippen LogP contribution in [0, 0.1) is 19.7 Å². The van der Waals surface area contributed by atoms with Crippen molar-refractivity contribution in [3.8, 4) is 0 Å². The summed E-state index contributed by atoms with van der Waals surface area (Å²) < 4.78 is 13.7. The Morgan fingerprint density at radius 1 is 1.41 bits per heavy atom. The minimum absolute atomic E-state index is 0.0191. The molecule has 0 unspecified atom stereocenters. The molecule has 0 saturated heterocycles. The lowest BCUT2D eigenvalue weighted by Gasteiger charge is -2.04. The third-order valence-corrected chi connectivity index (χ3v) is 2.38. The zero-order chi connectivity index (χ0) is 12.4. The van der Waals surface area contributed by atoms with Crippen molar-refractivity contribution in [3.05, 3.63) is 46.9 Å². The molecular weight excluding hydrogens is 221 g/mol. The maximum atomic E-state index is 13.7. The first-order valence-electron chi connectivity index (χ1n) is 5.16. The van der Waals surface area contributed by atoms with E-state index in [4.69, 9.17) is 0 Å². The molecule has 0 aliphatic carbocycles. The molecule has 0 fully saturated rings. The van der Waals surface area contributed by atoms with Gasteiger partial charge in [-0.2, -0.15) is 5.10 Å².